The van der Waals surface area contributed by atoms with Gasteiger partial charge in [0.15, 0.2) is 6.29 Å². The summed E-state index contributed by atoms with van der Waals surface area (Å²) in [6.07, 6.45) is 1.12. The molecule has 0 bridgehead atoms. The molecule has 0 aliphatic carbocycles. The second-order valence-electron chi connectivity index (χ2n) is 3.99. The van der Waals surface area contributed by atoms with Crippen LogP contribution in [0.1, 0.15) is 29.8 Å². The van der Waals surface area contributed by atoms with E-state index < -0.39 is 5.95 Å². The molecular weight excluding hydrogens is 185 g/mol. The smallest absolute Gasteiger partial charge is 0.226 e. The molecule has 0 radical (unpaired) electrons. The first-order valence-electron chi connectivity index (χ1n) is 4.35. The number of carbonyl (C=O) groups excluding carboxylic acids is 1. The molecule has 0 spiro atoms. The van der Waals surface area contributed by atoms with Crippen LogP contribution in [0, 0.1) is 5.95 Å². The molecule has 0 N–H and O–H groups in total. The third-order valence-electron chi connectivity index (χ3n) is 2.16. The van der Waals surface area contributed by atoms with Crippen LogP contribution in [-0.4, -0.2) is 16.9 Å². The van der Waals surface area contributed by atoms with E-state index in [2.05, 4.69) is 4.98 Å². The molecule has 0 fully saturated rings. The number of hydrogen-bond acceptors (Lipinski definition) is 3. The Labute approximate surface area is 80.9 Å². The molecular formula is C10H10FNO2. The topological polar surface area (TPSA) is 39.2 Å². The lowest BCUT2D eigenvalue weighted by Crippen LogP contribution is -2.24. The summed E-state index contributed by atoms with van der Waals surface area (Å²) in [5.74, 6) is -0.463. The van der Waals surface area contributed by atoms with Gasteiger partial charge in [0, 0.05) is 12.0 Å². The van der Waals surface area contributed by atoms with Gasteiger partial charge >= 0.3 is 0 Å². The Morgan fingerprint density at radius 1 is 1.64 bits per heavy atom. The van der Waals surface area contributed by atoms with Crippen LogP contribution in [0.4, 0.5) is 4.39 Å². The Balaban J connectivity index is 2.49. The zero-order valence-corrected chi connectivity index (χ0v) is 8.00. The summed E-state index contributed by atoms with van der Waals surface area (Å²) < 4.78 is 18.5. The average molecular weight is 195 g/mol. The van der Waals surface area contributed by atoms with E-state index in [-0.39, 0.29) is 11.2 Å². The average Bonchev–Trinajstić information content (AvgIpc) is 2.36. The normalized spacial score (nSPS) is 17.4. The van der Waals surface area contributed by atoms with E-state index in [9.17, 15) is 9.18 Å². The summed E-state index contributed by atoms with van der Waals surface area (Å²) in [4.78, 5) is 14.1. The monoisotopic (exact) mass is 195 g/mol. The lowest BCUT2D eigenvalue weighted by Gasteiger charge is -2.15. The first-order valence-corrected chi connectivity index (χ1v) is 4.35. The number of aromatic nitrogens is 1. The van der Waals surface area contributed by atoms with Crippen molar-refractivity contribution in [1.29, 1.82) is 0 Å². The molecule has 14 heavy (non-hydrogen) atoms. The number of rotatable bonds is 1. The Kier molecular flexibility index (Phi) is 1.80. The van der Waals surface area contributed by atoms with E-state index in [0.29, 0.717) is 18.6 Å². The van der Waals surface area contributed by atoms with Crippen molar-refractivity contribution in [3.8, 4) is 5.88 Å². The molecule has 1 aromatic rings. The largest absolute Gasteiger partial charge is 0.471 e. The van der Waals surface area contributed by atoms with Crippen LogP contribution in [0.5, 0.6) is 5.88 Å². The van der Waals surface area contributed by atoms with E-state index in [1.165, 1.54) is 6.07 Å². The van der Waals surface area contributed by atoms with Crippen LogP contribution >= 0.6 is 0 Å². The molecule has 0 aromatic carbocycles. The first kappa shape index (κ1) is 9.12. The van der Waals surface area contributed by atoms with Crippen LogP contribution in [0.2, 0.25) is 0 Å². The lowest BCUT2D eigenvalue weighted by atomic mass is 10.0. The molecule has 1 aliphatic rings. The second-order valence-corrected chi connectivity index (χ2v) is 3.99. The van der Waals surface area contributed by atoms with Gasteiger partial charge in [-0.2, -0.15) is 9.37 Å². The maximum atomic E-state index is 13.1. The van der Waals surface area contributed by atoms with E-state index in [0.717, 1.165) is 5.56 Å². The Morgan fingerprint density at radius 2 is 2.36 bits per heavy atom. The van der Waals surface area contributed by atoms with E-state index >= 15 is 0 Å². The molecule has 3 nitrogen and oxygen atoms in total. The van der Waals surface area contributed by atoms with Crippen LogP contribution in [-0.2, 0) is 6.42 Å². The molecule has 0 amide bonds. The van der Waals surface area contributed by atoms with Crippen molar-refractivity contribution >= 4 is 6.29 Å². The second kappa shape index (κ2) is 2.77. The van der Waals surface area contributed by atoms with Gasteiger partial charge in [-0.3, -0.25) is 4.79 Å². The Morgan fingerprint density at radius 3 is 3.00 bits per heavy atom. The van der Waals surface area contributed by atoms with Gasteiger partial charge in [0.25, 0.3) is 0 Å². The van der Waals surface area contributed by atoms with Crippen LogP contribution in [0.3, 0.4) is 0 Å². The van der Waals surface area contributed by atoms with E-state index in [1.54, 1.807) is 0 Å². The number of ether oxygens (including phenoxy) is 1. The SMILES string of the molecule is CC1(C)Cc2cc(C=O)c(F)nc2O1. The molecule has 74 valence electrons. The molecule has 0 unspecified atom stereocenters. The zero-order valence-electron chi connectivity index (χ0n) is 8.00. The fourth-order valence-electron chi connectivity index (χ4n) is 1.59. The fourth-order valence-corrected chi connectivity index (χ4v) is 1.59. The fraction of sp³-hybridized carbons (Fsp3) is 0.400. The predicted octanol–water partition coefficient (Wildman–Crippen LogP) is 1.75. The highest BCUT2D eigenvalue weighted by Gasteiger charge is 2.32. The number of aldehydes is 1. The number of pyridine rings is 1. The summed E-state index contributed by atoms with van der Waals surface area (Å²) in [6.45, 7) is 3.79. The van der Waals surface area contributed by atoms with Gasteiger partial charge in [0.1, 0.15) is 5.60 Å². The zero-order chi connectivity index (χ0) is 10.3. The highest BCUT2D eigenvalue weighted by atomic mass is 19.1. The predicted molar refractivity (Wildman–Crippen MR) is 48.0 cm³/mol. The minimum atomic E-state index is -0.767. The summed E-state index contributed by atoms with van der Waals surface area (Å²) in [6, 6.07) is 1.50. The third-order valence-corrected chi connectivity index (χ3v) is 2.16. The quantitative estimate of drug-likeness (QED) is 0.506. The van der Waals surface area contributed by atoms with Crippen LogP contribution in [0.25, 0.3) is 0 Å². The summed E-state index contributed by atoms with van der Waals surface area (Å²) in [5.41, 5.74) is 0.423. The van der Waals surface area contributed by atoms with Gasteiger partial charge in [0.2, 0.25) is 11.8 Å². The van der Waals surface area contributed by atoms with Gasteiger partial charge in [-0.1, -0.05) is 0 Å². The van der Waals surface area contributed by atoms with Crippen molar-refractivity contribution in [3.05, 3.63) is 23.1 Å². The van der Waals surface area contributed by atoms with Gasteiger partial charge < -0.3 is 4.74 Å². The maximum absolute atomic E-state index is 13.1. The molecule has 2 heterocycles. The number of fused-ring (bicyclic) bond motifs is 1. The molecule has 0 saturated carbocycles. The minimum absolute atomic E-state index is 0.00921. The maximum Gasteiger partial charge on any atom is 0.226 e. The van der Waals surface area contributed by atoms with E-state index in [4.69, 9.17) is 4.74 Å². The summed E-state index contributed by atoms with van der Waals surface area (Å²) >= 11 is 0. The van der Waals surface area contributed by atoms with Gasteiger partial charge in [-0.05, 0) is 19.9 Å². The van der Waals surface area contributed by atoms with Crippen LogP contribution < -0.4 is 4.74 Å². The van der Waals surface area contributed by atoms with Crippen molar-refractivity contribution < 1.29 is 13.9 Å². The minimum Gasteiger partial charge on any atom is -0.471 e. The van der Waals surface area contributed by atoms with Crippen molar-refractivity contribution in [3.63, 3.8) is 0 Å². The summed E-state index contributed by atoms with van der Waals surface area (Å²) in [5, 5.41) is 0. The first-order chi connectivity index (χ1) is 6.52. The molecule has 2 rings (SSSR count). The molecule has 1 aliphatic heterocycles. The molecule has 0 saturated heterocycles. The van der Waals surface area contributed by atoms with Crippen molar-refractivity contribution in [2.75, 3.05) is 0 Å². The standard InChI is InChI=1S/C10H10FNO2/c1-10(2)4-6-3-7(5-13)8(11)12-9(6)14-10/h3,5H,4H2,1-2H3. The highest BCUT2D eigenvalue weighted by Crippen LogP contribution is 2.33. The lowest BCUT2D eigenvalue weighted by molar-refractivity contribution is 0.111. The van der Waals surface area contributed by atoms with Crippen LogP contribution in [0.15, 0.2) is 6.07 Å². The Hall–Kier alpha value is -1.45. The summed E-state index contributed by atoms with van der Waals surface area (Å²) in [7, 11) is 0. The number of nitrogens with zero attached hydrogens (tertiary/aromatic N) is 1. The molecule has 1 aromatic heterocycles. The third kappa shape index (κ3) is 1.36. The number of hydrogen-bond donors (Lipinski definition) is 0. The highest BCUT2D eigenvalue weighted by molar-refractivity contribution is 5.75. The van der Waals surface area contributed by atoms with Gasteiger partial charge in [-0.15, -0.1) is 0 Å². The molecule has 0 atom stereocenters. The Bertz CT molecular complexity index is 401. The van der Waals surface area contributed by atoms with Crippen molar-refractivity contribution in [2.24, 2.45) is 0 Å². The van der Waals surface area contributed by atoms with Gasteiger partial charge in [-0.25, -0.2) is 0 Å². The van der Waals surface area contributed by atoms with Gasteiger partial charge in [0.05, 0.1) is 5.56 Å². The number of halogens is 1. The molecule has 4 heteroatoms. The van der Waals surface area contributed by atoms with Crippen molar-refractivity contribution in [1.82, 2.24) is 4.98 Å². The van der Waals surface area contributed by atoms with Crippen molar-refractivity contribution in [2.45, 2.75) is 25.9 Å². The van der Waals surface area contributed by atoms with E-state index in [1.807, 2.05) is 13.8 Å². The number of carbonyl (C=O) groups is 1.